The molecule has 15 heavy (non-hydrogen) atoms. The van der Waals surface area contributed by atoms with Crippen molar-refractivity contribution in [2.45, 2.75) is 18.9 Å². The van der Waals surface area contributed by atoms with Gasteiger partial charge in [-0.25, -0.2) is 0 Å². The molecule has 1 atom stereocenters. The van der Waals surface area contributed by atoms with Gasteiger partial charge in [0.15, 0.2) is 5.75 Å². The van der Waals surface area contributed by atoms with E-state index < -0.39 is 4.92 Å². The maximum Gasteiger partial charge on any atom is 0.311 e. The summed E-state index contributed by atoms with van der Waals surface area (Å²) in [6.07, 6.45) is 2.16. The second-order valence-corrected chi connectivity index (χ2v) is 3.87. The van der Waals surface area contributed by atoms with Crippen molar-refractivity contribution in [3.63, 3.8) is 0 Å². The molecule has 1 aromatic rings. The van der Waals surface area contributed by atoms with Crippen LogP contribution in [0.2, 0.25) is 0 Å². The molecule has 1 aliphatic rings. The van der Waals surface area contributed by atoms with Gasteiger partial charge in [0.25, 0.3) is 0 Å². The van der Waals surface area contributed by atoms with E-state index in [0.717, 1.165) is 18.4 Å². The number of phenolic OH excluding ortho intramolecular Hbond substituents is 1. The summed E-state index contributed by atoms with van der Waals surface area (Å²) >= 11 is 0. The lowest BCUT2D eigenvalue weighted by molar-refractivity contribution is -0.385. The average molecular weight is 208 g/mol. The van der Waals surface area contributed by atoms with Gasteiger partial charge < -0.3 is 10.8 Å². The lowest BCUT2D eigenvalue weighted by Crippen LogP contribution is -2.12. The third-order valence-corrected chi connectivity index (χ3v) is 2.71. The zero-order chi connectivity index (χ0) is 11.0. The molecule has 1 fully saturated rings. The molecule has 1 saturated carbocycles. The molecule has 0 aromatic heterocycles. The van der Waals surface area contributed by atoms with Crippen molar-refractivity contribution < 1.29 is 10.0 Å². The number of nitrogens with zero attached hydrogens (tertiary/aromatic N) is 1. The maximum atomic E-state index is 10.6. The van der Waals surface area contributed by atoms with E-state index in [-0.39, 0.29) is 17.5 Å². The fourth-order valence-electron chi connectivity index (χ4n) is 1.62. The Morgan fingerprint density at radius 1 is 1.53 bits per heavy atom. The van der Waals surface area contributed by atoms with Gasteiger partial charge in [-0.05, 0) is 30.4 Å². The second kappa shape index (κ2) is 3.51. The summed E-state index contributed by atoms with van der Waals surface area (Å²) in [6, 6.07) is 4.18. The fourth-order valence-corrected chi connectivity index (χ4v) is 1.62. The first-order valence-electron chi connectivity index (χ1n) is 4.82. The Bertz CT molecular complexity index is 402. The van der Waals surface area contributed by atoms with E-state index in [4.69, 9.17) is 5.73 Å². The number of rotatable bonds is 3. The van der Waals surface area contributed by atoms with Gasteiger partial charge in [0.05, 0.1) is 4.92 Å². The topological polar surface area (TPSA) is 89.4 Å². The Labute approximate surface area is 86.7 Å². The van der Waals surface area contributed by atoms with Crippen LogP contribution in [0.1, 0.15) is 24.4 Å². The highest BCUT2D eigenvalue weighted by molar-refractivity contribution is 5.48. The molecular formula is C10H12N2O3. The van der Waals surface area contributed by atoms with Crippen LogP contribution in [0.3, 0.4) is 0 Å². The van der Waals surface area contributed by atoms with Crippen LogP contribution in [0.25, 0.3) is 0 Å². The van der Waals surface area contributed by atoms with Crippen molar-refractivity contribution in [1.29, 1.82) is 0 Å². The summed E-state index contributed by atoms with van der Waals surface area (Å²) in [5.41, 5.74) is 6.36. The Hall–Kier alpha value is -1.62. The second-order valence-electron chi connectivity index (χ2n) is 3.87. The largest absolute Gasteiger partial charge is 0.502 e. The molecule has 0 unspecified atom stereocenters. The maximum absolute atomic E-state index is 10.6. The molecule has 0 heterocycles. The smallest absolute Gasteiger partial charge is 0.311 e. The molecule has 0 bridgehead atoms. The number of phenols is 1. The van der Waals surface area contributed by atoms with Crippen LogP contribution in [0.15, 0.2) is 18.2 Å². The summed E-state index contributed by atoms with van der Waals surface area (Å²) in [5, 5.41) is 19.8. The van der Waals surface area contributed by atoms with E-state index >= 15 is 0 Å². The van der Waals surface area contributed by atoms with Crippen LogP contribution in [0.4, 0.5) is 5.69 Å². The number of aromatic hydroxyl groups is 1. The van der Waals surface area contributed by atoms with E-state index in [1.54, 1.807) is 6.07 Å². The van der Waals surface area contributed by atoms with Gasteiger partial charge in [0.1, 0.15) is 0 Å². The van der Waals surface area contributed by atoms with Crippen molar-refractivity contribution in [2.75, 3.05) is 0 Å². The van der Waals surface area contributed by atoms with Crippen molar-refractivity contribution >= 4 is 5.69 Å². The van der Waals surface area contributed by atoms with Gasteiger partial charge in [-0.1, -0.05) is 6.07 Å². The number of hydrogen-bond donors (Lipinski definition) is 2. The van der Waals surface area contributed by atoms with Crippen molar-refractivity contribution in [3.8, 4) is 5.75 Å². The minimum absolute atomic E-state index is 0.149. The SMILES string of the molecule is N[C@H](c1ccc(O)c([N+](=O)[O-])c1)C1CC1. The van der Waals surface area contributed by atoms with Crippen LogP contribution in [-0.4, -0.2) is 10.0 Å². The Morgan fingerprint density at radius 2 is 2.20 bits per heavy atom. The lowest BCUT2D eigenvalue weighted by atomic mass is 10.0. The zero-order valence-electron chi connectivity index (χ0n) is 8.09. The molecule has 0 saturated heterocycles. The minimum atomic E-state index is -0.599. The summed E-state index contributed by atoms with van der Waals surface area (Å²) in [4.78, 5) is 9.99. The fraction of sp³-hybridized carbons (Fsp3) is 0.400. The molecule has 0 amide bonds. The normalized spacial score (nSPS) is 17.4. The van der Waals surface area contributed by atoms with Gasteiger partial charge in [-0.2, -0.15) is 0 Å². The molecule has 0 spiro atoms. The molecule has 5 nitrogen and oxygen atoms in total. The van der Waals surface area contributed by atoms with Crippen LogP contribution in [-0.2, 0) is 0 Å². The highest BCUT2D eigenvalue weighted by Crippen LogP contribution is 2.41. The summed E-state index contributed by atoms with van der Waals surface area (Å²) in [7, 11) is 0. The molecule has 0 aliphatic heterocycles. The Morgan fingerprint density at radius 3 is 2.73 bits per heavy atom. The number of benzene rings is 1. The van der Waals surface area contributed by atoms with Crippen LogP contribution in [0, 0.1) is 16.0 Å². The van der Waals surface area contributed by atoms with Gasteiger partial charge in [0, 0.05) is 12.1 Å². The van der Waals surface area contributed by atoms with Crippen molar-refractivity contribution in [2.24, 2.45) is 11.7 Å². The average Bonchev–Trinajstić information content (AvgIpc) is 3.00. The third-order valence-electron chi connectivity index (χ3n) is 2.71. The van der Waals surface area contributed by atoms with E-state index in [9.17, 15) is 15.2 Å². The highest BCUT2D eigenvalue weighted by Gasteiger charge is 2.30. The summed E-state index contributed by atoms with van der Waals surface area (Å²) < 4.78 is 0. The molecule has 80 valence electrons. The predicted octanol–water partition coefficient (Wildman–Crippen LogP) is 1.71. The van der Waals surface area contributed by atoms with E-state index in [1.165, 1.54) is 12.1 Å². The van der Waals surface area contributed by atoms with Gasteiger partial charge in [-0.3, -0.25) is 10.1 Å². The highest BCUT2D eigenvalue weighted by atomic mass is 16.6. The van der Waals surface area contributed by atoms with Gasteiger partial charge >= 0.3 is 5.69 Å². The Balaban J connectivity index is 2.32. The van der Waals surface area contributed by atoms with Crippen LogP contribution < -0.4 is 5.73 Å². The Kier molecular flexibility index (Phi) is 2.32. The van der Waals surface area contributed by atoms with E-state index in [1.807, 2.05) is 0 Å². The molecule has 2 rings (SSSR count). The monoisotopic (exact) mass is 208 g/mol. The first-order chi connectivity index (χ1) is 7.09. The quantitative estimate of drug-likeness (QED) is 0.584. The van der Waals surface area contributed by atoms with Crippen molar-refractivity contribution in [1.82, 2.24) is 0 Å². The van der Waals surface area contributed by atoms with Crippen molar-refractivity contribution in [3.05, 3.63) is 33.9 Å². The molecule has 1 aromatic carbocycles. The standard InChI is InChI=1S/C10H12N2O3/c11-10(6-1-2-6)7-3-4-9(13)8(5-7)12(14)15/h3-6,10,13H,1-2,11H2/t10-/m0/s1. The molecule has 3 N–H and O–H groups in total. The number of nitrogens with two attached hydrogens (primary N) is 1. The summed E-state index contributed by atoms with van der Waals surface area (Å²) in [6.45, 7) is 0. The molecule has 1 aliphatic carbocycles. The van der Waals surface area contributed by atoms with E-state index in [0.29, 0.717) is 5.92 Å². The third kappa shape index (κ3) is 1.92. The molecule has 5 heteroatoms. The van der Waals surface area contributed by atoms with Crippen LogP contribution in [0.5, 0.6) is 5.75 Å². The minimum Gasteiger partial charge on any atom is -0.502 e. The molecule has 0 radical (unpaired) electrons. The van der Waals surface area contributed by atoms with Gasteiger partial charge in [0.2, 0.25) is 0 Å². The van der Waals surface area contributed by atoms with E-state index in [2.05, 4.69) is 0 Å². The summed E-state index contributed by atoms with van der Waals surface area (Å²) in [5.74, 6) is 0.126. The zero-order valence-corrected chi connectivity index (χ0v) is 8.09. The predicted molar refractivity (Wildman–Crippen MR) is 54.4 cm³/mol. The first-order valence-corrected chi connectivity index (χ1v) is 4.82. The number of nitro groups is 1. The van der Waals surface area contributed by atoms with Gasteiger partial charge in [-0.15, -0.1) is 0 Å². The lowest BCUT2D eigenvalue weighted by Gasteiger charge is -2.10. The number of nitro benzene ring substituents is 1. The molecular weight excluding hydrogens is 196 g/mol. The first kappa shape index (κ1) is 9.92. The van der Waals surface area contributed by atoms with Crippen LogP contribution >= 0.6 is 0 Å². The number of hydrogen-bond acceptors (Lipinski definition) is 4.